The number of hydrogen-bond donors (Lipinski definition) is 2. The minimum absolute atomic E-state index is 0.195. The maximum absolute atomic E-state index is 11.6. The van der Waals surface area contributed by atoms with E-state index in [-0.39, 0.29) is 12.0 Å². The van der Waals surface area contributed by atoms with Gasteiger partial charge in [-0.3, -0.25) is 4.79 Å². The Morgan fingerprint density at radius 2 is 2.25 bits per heavy atom. The fourth-order valence-electron chi connectivity index (χ4n) is 1.20. The fourth-order valence-corrected chi connectivity index (χ4v) is 2.00. The number of anilines is 1. The van der Waals surface area contributed by atoms with Gasteiger partial charge in [0.15, 0.2) is 0 Å². The first kappa shape index (κ1) is 12.5. The highest BCUT2D eigenvalue weighted by Gasteiger charge is 2.20. The van der Waals surface area contributed by atoms with Crippen LogP contribution in [-0.2, 0) is 16.0 Å². The summed E-state index contributed by atoms with van der Waals surface area (Å²) >= 11 is 1.15. The van der Waals surface area contributed by atoms with Gasteiger partial charge in [-0.1, -0.05) is 6.92 Å². The van der Waals surface area contributed by atoms with E-state index in [0.29, 0.717) is 23.6 Å². The van der Waals surface area contributed by atoms with Crippen molar-refractivity contribution in [3.63, 3.8) is 0 Å². The molecule has 0 aliphatic carbocycles. The van der Waals surface area contributed by atoms with E-state index in [1.807, 2.05) is 6.92 Å². The smallest absolute Gasteiger partial charge is 0.341 e. The van der Waals surface area contributed by atoms with Gasteiger partial charge >= 0.3 is 11.9 Å². The van der Waals surface area contributed by atoms with E-state index in [0.717, 1.165) is 11.3 Å². The summed E-state index contributed by atoms with van der Waals surface area (Å²) in [6.07, 6.45) is 0.494. The normalized spacial score (nSPS) is 10.1. The van der Waals surface area contributed by atoms with Crippen molar-refractivity contribution in [1.29, 1.82) is 0 Å². The molecule has 5 nitrogen and oxygen atoms in total. The minimum Gasteiger partial charge on any atom is -0.481 e. The maximum Gasteiger partial charge on any atom is 0.341 e. The van der Waals surface area contributed by atoms with E-state index in [2.05, 4.69) is 0 Å². The lowest BCUT2D eigenvalue weighted by Gasteiger charge is -2.04. The average Bonchev–Trinajstić information content (AvgIpc) is 2.55. The van der Waals surface area contributed by atoms with E-state index in [1.54, 1.807) is 5.38 Å². The number of hydrogen-bond acceptors (Lipinski definition) is 5. The molecule has 0 spiro atoms. The largest absolute Gasteiger partial charge is 0.481 e. The van der Waals surface area contributed by atoms with Crippen molar-refractivity contribution in [2.45, 2.75) is 19.8 Å². The highest BCUT2D eigenvalue weighted by Crippen LogP contribution is 2.26. The molecule has 1 rings (SSSR count). The summed E-state index contributed by atoms with van der Waals surface area (Å²) in [5.41, 5.74) is 6.22. The number of nitrogen functional groups attached to an aromatic ring is 1. The lowest BCUT2D eigenvalue weighted by molar-refractivity contribution is -0.136. The Labute approximate surface area is 96.8 Å². The maximum atomic E-state index is 11.6. The topological polar surface area (TPSA) is 89.6 Å². The monoisotopic (exact) mass is 243 g/mol. The molecule has 1 aromatic heterocycles. The second-order valence-corrected chi connectivity index (χ2v) is 4.12. The van der Waals surface area contributed by atoms with Gasteiger partial charge in [-0.25, -0.2) is 4.79 Å². The zero-order valence-electron chi connectivity index (χ0n) is 8.86. The predicted octanol–water partition coefficient (Wildman–Crippen LogP) is 1.52. The quantitative estimate of drug-likeness (QED) is 0.765. The molecular formula is C10H13NO4S. The van der Waals surface area contributed by atoms with Crippen LogP contribution in [0.4, 0.5) is 5.00 Å². The highest BCUT2D eigenvalue weighted by atomic mass is 32.1. The summed E-state index contributed by atoms with van der Waals surface area (Å²) in [5.74, 6) is -1.54. The summed E-state index contributed by atoms with van der Waals surface area (Å²) < 4.78 is 4.93. The molecule has 0 unspecified atom stereocenters. The summed E-state index contributed by atoms with van der Waals surface area (Å²) in [4.78, 5) is 22.2. The van der Waals surface area contributed by atoms with Gasteiger partial charge in [0.05, 0.1) is 18.6 Å². The Kier molecular flexibility index (Phi) is 4.30. The molecule has 0 radical (unpaired) electrons. The van der Waals surface area contributed by atoms with Crippen LogP contribution < -0.4 is 5.73 Å². The van der Waals surface area contributed by atoms with Crippen LogP contribution in [0.15, 0.2) is 5.38 Å². The summed E-state index contributed by atoms with van der Waals surface area (Å²) in [7, 11) is 0. The second kappa shape index (κ2) is 5.50. The molecule has 88 valence electrons. The van der Waals surface area contributed by atoms with Crippen LogP contribution in [-0.4, -0.2) is 23.7 Å². The Hall–Kier alpha value is -1.56. The number of thiophene rings is 1. The third-order valence-corrected chi connectivity index (χ3v) is 2.74. The van der Waals surface area contributed by atoms with Crippen molar-refractivity contribution in [3.05, 3.63) is 16.5 Å². The third-order valence-electron chi connectivity index (χ3n) is 1.88. The van der Waals surface area contributed by atoms with Crippen LogP contribution in [0.5, 0.6) is 0 Å². The van der Waals surface area contributed by atoms with E-state index in [4.69, 9.17) is 15.6 Å². The Morgan fingerprint density at radius 1 is 1.56 bits per heavy atom. The molecule has 0 aromatic carbocycles. The van der Waals surface area contributed by atoms with Crippen molar-refractivity contribution in [3.8, 4) is 0 Å². The van der Waals surface area contributed by atoms with Gasteiger partial charge in [0.25, 0.3) is 0 Å². The highest BCUT2D eigenvalue weighted by molar-refractivity contribution is 7.14. The standard InChI is InChI=1S/C10H13NO4S/c1-2-3-15-10(14)8-6(4-7(12)13)5-16-9(8)11/h5H,2-4,11H2,1H3,(H,12,13). The van der Waals surface area contributed by atoms with Crippen LogP contribution in [0.1, 0.15) is 29.3 Å². The van der Waals surface area contributed by atoms with Crippen molar-refractivity contribution in [2.24, 2.45) is 0 Å². The van der Waals surface area contributed by atoms with Crippen molar-refractivity contribution in [1.82, 2.24) is 0 Å². The molecule has 0 aliphatic rings. The molecule has 0 amide bonds. The molecule has 1 heterocycles. The van der Waals surface area contributed by atoms with Crippen molar-refractivity contribution in [2.75, 3.05) is 12.3 Å². The van der Waals surface area contributed by atoms with Gasteiger partial charge in [-0.05, 0) is 17.4 Å². The molecule has 0 fully saturated rings. The zero-order chi connectivity index (χ0) is 12.1. The molecule has 6 heteroatoms. The van der Waals surface area contributed by atoms with Gasteiger partial charge in [0.2, 0.25) is 0 Å². The third kappa shape index (κ3) is 2.96. The zero-order valence-corrected chi connectivity index (χ0v) is 9.67. The molecule has 3 N–H and O–H groups in total. The summed E-state index contributed by atoms with van der Waals surface area (Å²) in [6, 6.07) is 0. The van der Waals surface area contributed by atoms with Gasteiger partial charge < -0.3 is 15.6 Å². The molecule has 0 bridgehead atoms. The molecule has 0 aliphatic heterocycles. The number of aliphatic carboxylic acids is 1. The SMILES string of the molecule is CCCOC(=O)c1c(CC(=O)O)csc1N. The molecular weight excluding hydrogens is 230 g/mol. The van der Waals surface area contributed by atoms with E-state index in [1.165, 1.54) is 0 Å². The van der Waals surface area contributed by atoms with Gasteiger partial charge in [0.1, 0.15) is 5.00 Å². The van der Waals surface area contributed by atoms with Crippen molar-refractivity contribution < 1.29 is 19.4 Å². The van der Waals surface area contributed by atoms with Crippen LogP contribution in [0.25, 0.3) is 0 Å². The van der Waals surface area contributed by atoms with E-state index in [9.17, 15) is 9.59 Å². The van der Waals surface area contributed by atoms with E-state index < -0.39 is 11.9 Å². The first-order valence-electron chi connectivity index (χ1n) is 4.81. The number of carboxylic acids is 1. The van der Waals surface area contributed by atoms with Gasteiger partial charge in [-0.2, -0.15) is 0 Å². The van der Waals surface area contributed by atoms with Crippen LogP contribution in [0.3, 0.4) is 0 Å². The lowest BCUT2D eigenvalue weighted by atomic mass is 10.1. The number of esters is 1. The molecule has 0 atom stereocenters. The number of carboxylic acid groups (broad SMARTS) is 1. The second-order valence-electron chi connectivity index (χ2n) is 3.21. The van der Waals surface area contributed by atoms with Gasteiger partial charge in [0, 0.05) is 0 Å². The Balaban J connectivity index is 2.88. The predicted molar refractivity (Wildman–Crippen MR) is 60.6 cm³/mol. The number of rotatable bonds is 5. The Morgan fingerprint density at radius 3 is 2.81 bits per heavy atom. The van der Waals surface area contributed by atoms with Crippen LogP contribution >= 0.6 is 11.3 Å². The van der Waals surface area contributed by atoms with Gasteiger partial charge in [-0.15, -0.1) is 11.3 Å². The van der Waals surface area contributed by atoms with E-state index >= 15 is 0 Å². The number of ether oxygens (including phenoxy) is 1. The molecule has 0 saturated carbocycles. The lowest BCUT2D eigenvalue weighted by Crippen LogP contribution is -2.11. The van der Waals surface area contributed by atoms with Crippen LogP contribution in [0, 0.1) is 0 Å². The minimum atomic E-state index is -0.998. The first-order chi connectivity index (χ1) is 7.56. The number of carbonyl (C=O) groups is 2. The average molecular weight is 243 g/mol. The Bertz CT molecular complexity index is 400. The summed E-state index contributed by atoms with van der Waals surface area (Å²) in [6.45, 7) is 2.18. The number of carbonyl (C=O) groups excluding carboxylic acids is 1. The molecule has 1 aromatic rings. The van der Waals surface area contributed by atoms with Crippen LogP contribution in [0.2, 0.25) is 0 Å². The molecule has 0 saturated heterocycles. The summed E-state index contributed by atoms with van der Waals surface area (Å²) in [5, 5.41) is 10.5. The first-order valence-corrected chi connectivity index (χ1v) is 5.69. The molecule has 16 heavy (non-hydrogen) atoms. The van der Waals surface area contributed by atoms with Crippen molar-refractivity contribution >= 4 is 28.3 Å². The fraction of sp³-hybridized carbons (Fsp3) is 0.400. The number of nitrogens with two attached hydrogens (primary N) is 1.